The minimum absolute atomic E-state index is 0.104. The fraction of sp³-hybridized carbons (Fsp3) is 0.429. The van der Waals surface area contributed by atoms with Crippen molar-refractivity contribution in [1.29, 1.82) is 0 Å². The summed E-state index contributed by atoms with van der Waals surface area (Å²) >= 11 is 0. The van der Waals surface area contributed by atoms with E-state index in [-0.39, 0.29) is 19.0 Å². The van der Waals surface area contributed by atoms with E-state index in [4.69, 9.17) is 4.74 Å². The molecule has 0 aromatic carbocycles. The van der Waals surface area contributed by atoms with E-state index in [1.807, 2.05) is 0 Å². The molecule has 0 N–H and O–H groups in total. The topological polar surface area (TPSA) is 61.8 Å². The zero-order valence-corrected chi connectivity index (χ0v) is 6.53. The highest BCUT2D eigenvalue weighted by molar-refractivity contribution is 5.94. The minimum atomic E-state index is -0.635. The van der Waals surface area contributed by atoms with Gasteiger partial charge in [0.25, 0.3) is 0 Å². The average Bonchev–Trinajstić information content (AvgIpc) is 2.09. The molecule has 1 aliphatic rings. The van der Waals surface area contributed by atoms with Crippen LogP contribution in [-0.2, 0) is 23.8 Å². The predicted molar refractivity (Wildman–Crippen MR) is 37.0 cm³/mol. The number of cyclic esters (lactones) is 1. The Balaban J connectivity index is 2.65. The van der Waals surface area contributed by atoms with Crippen molar-refractivity contribution in [3.63, 3.8) is 0 Å². The van der Waals surface area contributed by atoms with Crippen LogP contribution in [0.4, 0.5) is 0 Å². The highest BCUT2D eigenvalue weighted by atomic mass is 16.6. The van der Waals surface area contributed by atoms with Crippen molar-refractivity contribution in [1.82, 2.24) is 0 Å². The number of esters is 2. The quantitative estimate of drug-likeness (QED) is 0.398. The SMILES string of the molecule is COC(=O)/C=C1\OCCOC1=O. The van der Waals surface area contributed by atoms with Gasteiger partial charge < -0.3 is 14.2 Å². The third kappa shape index (κ3) is 1.98. The van der Waals surface area contributed by atoms with Crippen molar-refractivity contribution in [3.05, 3.63) is 11.8 Å². The maximum Gasteiger partial charge on any atom is 0.374 e. The third-order valence-corrected chi connectivity index (χ3v) is 1.23. The fourth-order valence-electron chi connectivity index (χ4n) is 0.683. The van der Waals surface area contributed by atoms with Gasteiger partial charge in [0.05, 0.1) is 13.2 Å². The molecule has 0 aliphatic carbocycles. The van der Waals surface area contributed by atoms with E-state index in [0.29, 0.717) is 0 Å². The first-order valence-corrected chi connectivity index (χ1v) is 3.33. The van der Waals surface area contributed by atoms with Crippen LogP contribution in [0.3, 0.4) is 0 Å². The average molecular weight is 172 g/mol. The van der Waals surface area contributed by atoms with Gasteiger partial charge >= 0.3 is 11.9 Å². The Morgan fingerprint density at radius 2 is 2.17 bits per heavy atom. The normalized spacial score (nSPS) is 19.8. The lowest BCUT2D eigenvalue weighted by Gasteiger charge is -2.14. The predicted octanol–water partition coefficient (Wildman–Crippen LogP) is -0.383. The number of hydrogen-bond acceptors (Lipinski definition) is 5. The van der Waals surface area contributed by atoms with Crippen molar-refractivity contribution in [2.45, 2.75) is 0 Å². The summed E-state index contributed by atoms with van der Waals surface area (Å²) in [6.45, 7) is 0.492. The largest absolute Gasteiger partial charge is 0.483 e. The van der Waals surface area contributed by atoms with Crippen LogP contribution in [0.15, 0.2) is 11.8 Å². The van der Waals surface area contributed by atoms with Crippen LogP contribution in [0.5, 0.6) is 0 Å². The van der Waals surface area contributed by atoms with Crippen LogP contribution in [0, 0.1) is 0 Å². The third-order valence-electron chi connectivity index (χ3n) is 1.23. The maximum atomic E-state index is 10.8. The van der Waals surface area contributed by atoms with Gasteiger partial charge in [0.15, 0.2) is 0 Å². The molecule has 66 valence electrons. The van der Waals surface area contributed by atoms with Crippen molar-refractivity contribution in [2.75, 3.05) is 20.3 Å². The van der Waals surface area contributed by atoms with Gasteiger partial charge in [-0.15, -0.1) is 0 Å². The Hall–Kier alpha value is -1.52. The molecule has 0 radical (unpaired) electrons. The first kappa shape index (κ1) is 8.58. The molecular weight excluding hydrogens is 164 g/mol. The van der Waals surface area contributed by atoms with Crippen LogP contribution < -0.4 is 0 Å². The van der Waals surface area contributed by atoms with Crippen molar-refractivity contribution in [2.24, 2.45) is 0 Å². The molecule has 0 bridgehead atoms. The maximum absolute atomic E-state index is 10.8. The summed E-state index contributed by atoms with van der Waals surface area (Å²) in [5.41, 5.74) is 0. The minimum Gasteiger partial charge on any atom is -0.483 e. The van der Waals surface area contributed by atoms with Crippen molar-refractivity contribution >= 4 is 11.9 Å². The summed E-state index contributed by atoms with van der Waals surface area (Å²) in [5.74, 6) is -1.37. The lowest BCUT2D eigenvalue weighted by atomic mass is 10.4. The molecule has 0 atom stereocenters. The van der Waals surface area contributed by atoms with Gasteiger partial charge in [-0.05, 0) is 0 Å². The van der Waals surface area contributed by atoms with Crippen LogP contribution in [0.2, 0.25) is 0 Å². The van der Waals surface area contributed by atoms with Gasteiger partial charge in [0.2, 0.25) is 5.76 Å². The number of hydrogen-bond donors (Lipinski definition) is 0. The van der Waals surface area contributed by atoms with E-state index in [9.17, 15) is 9.59 Å². The van der Waals surface area contributed by atoms with Crippen LogP contribution >= 0.6 is 0 Å². The first-order valence-electron chi connectivity index (χ1n) is 3.33. The molecule has 1 saturated heterocycles. The Kier molecular flexibility index (Phi) is 2.68. The summed E-state index contributed by atoms with van der Waals surface area (Å²) in [7, 11) is 1.22. The standard InChI is InChI=1S/C7H8O5/c1-10-6(8)4-5-7(9)12-3-2-11-5/h4H,2-3H2,1H3/b5-4-. The fourth-order valence-corrected chi connectivity index (χ4v) is 0.683. The van der Waals surface area contributed by atoms with Crippen molar-refractivity contribution < 1.29 is 23.8 Å². The van der Waals surface area contributed by atoms with E-state index in [1.165, 1.54) is 7.11 Å². The second-order valence-corrected chi connectivity index (χ2v) is 2.02. The van der Waals surface area contributed by atoms with Gasteiger partial charge in [0.1, 0.15) is 13.2 Å². The summed E-state index contributed by atoms with van der Waals surface area (Å²) < 4.78 is 13.7. The van der Waals surface area contributed by atoms with Gasteiger partial charge in [-0.2, -0.15) is 0 Å². The molecule has 0 aromatic rings. The van der Waals surface area contributed by atoms with Crippen LogP contribution in [0.1, 0.15) is 0 Å². The zero-order chi connectivity index (χ0) is 8.97. The van der Waals surface area contributed by atoms with Gasteiger partial charge in [-0.1, -0.05) is 0 Å². The molecule has 12 heavy (non-hydrogen) atoms. The molecule has 0 saturated carbocycles. The van der Waals surface area contributed by atoms with Crippen LogP contribution in [0.25, 0.3) is 0 Å². The van der Waals surface area contributed by atoms with E-state index < -0.39 is 11.9 Å². The number of methoxy groups -OCH3 is 1. The molecule has 1 aliphatic heterocycles. The summed E-state index contributed by atoms with van der Waals surface area (Å²) in [4.78, 5) is 21.5. The van der Waals surface area contributed by atoms with Gasteiger partial charge in [-0.25, -0.2) is 9.59 Å². The summed E-state index contributed by atoms with van der Waals surface area (Å²) in [6, 6.07) is 0. The molecule has 5 heteroatoms. The summed E-state index contributed by atoms with van der Waals surface area (Å²) in [5, 5.41) is 0. The Bertz CT molecular complexity index is 230. The Morgan fingerprint density at radius 1 is 1.50 bits per heavy atom. The molecule has 1 rings (SSSR count). The Labute approximate surface area is 68.9 Å². The van der Waals surface area contributed by atoms with E-state index in [0.717, 1.165) is 6.08 Å². The number of carbonyl (C=O) groups is 2. The van der Waals surface area contributed by atoms with Gasteiger partial charge in [0, 0.05) is 0 Å². The van der Waals surface area contributed by atoms with Crippen molar-refractivity contribution in [3.8, 4) is 0 Å². The molecule has 0 aromatic heterocycles. The second-order valence-electron chi connectivity index (χ2n) is 2.02. The molecule has 5 nitrogen and oxygen atoms in total. The van der Waals surface area contributed by atoms with E-state index in [2.05, 4.69) is 9.47 Å². The number of rotatable bonds is 1. The number of carbonyl (C=O) groups excluding carboxylic acids is 2. The molecular formula is C7H8O5. The summed E-state index contributed by atoms with van der Waals surface area (Å²) in [6.07, 6.45) is 0.960. The second kappa shape index (κ2) is 3.75. The zero-order valence-electron chi connectivity index (χ0n) is 6.53. The van der Waals surface area contributed by atoms with E-state index >= 15 is 0 Å². The monoisotopic (exact) mass is 172 g/mol. The molecule has 0 spiro atoms. The van der Waals surface area contributed by atoms with Gasteiger partial charge in [-0.3, -0.25) is 0 Å². The molecule has 1 fully saturated rings. The first-order chi connectivity index (χ1) is 5.74. The van der Waals surface area contributed by atoms with Crippen LogP contribution in [-0.4, -0.2) is 32.3 Å². The molecule has 0 amide bonds. The number of ether oxygens (including phenoxy) is 3. The highest BCUT2D eigenvalue weighted by Gasteiger charge is 2.19. The molecule has 0 unspecified atom stereocenters. The Morgan fingerprint density at radius 3 is 2.75 bits per heavy atom. The lowest BCUT2D eigenvalue weighted by Crippen LogP contribution is -2.22. The van der Waals surface area contributed by atoms with E-state index in [1.54, 1.807) is 0 Å². The molecule has 1 heterocycles. The lowest BCUT2D eigenvalue weighted by molar-refractivity contribution is -0.151. The smallest absolute Gasteiger partial charge is 0.374 e. The highest BCUT2D eigenvalue weighted by Crippen LogP contribution is 2.06.